The quantitative estimate of drug-likeness (QED) is 0.728. The maximum absolute atomic E-state index is 12.1. The predicted molar refractivity (Wildman–Crippen MR) is 86.8 cm³/mol. The molecule has 1 atom stereocenters. The normalized spacial score (nSPS) is 11.8. The van der Waals surface area contributed by atoms with Crippen molar-refractivity contribution in [2.45, 2.75) is 32.7 Å². The molecule has 118 valence electrons. The molecule has 1 aromatic rings. The lowest BCUT2D eigenvalue weighted by atomic mass is 10.2. The number of hydrogen-bond donors (Lipinski definition) is 2. The summed E-state index contributed by atoms with van der Waals surface area (Å²) in [6, 6.07) is 7.93. The van der Waals surface area contributed by atoms with Crippen LogP contribution in [0, 0.1) is 0 Å². The van der Waals surface area contributed by atoms with Crippen molar-refractivity contribution in [3.63, 3.8) is 0 Å². The summed E-state index contributed by atoms with van der Waals surface area (Å²) >= 11 is 0. The molecule has 0 spiro atoms. The fourth-order valence-electron chi connectivity index (χ4n) is 1.98. The minimum atomic E-state index is 0.0317. The van der Waals surface area contributed by atoms with Crippen LogP contribution in [-0.4, -0.2) is 38.7 Å². The van der Waals surface area contributed by atoms with E-state index in [4.69, 9.17) is 10.5 Å². The van der Waals surface area contributed by atoms with Gasteiger partial charge >= 0.3 is 0 Å². The zero-order valence-corrected chi connectivity index (χ0v) is 13.3. The monoisotopic (exact) mass is 293 g/mol. The van der Waals surface area contributed by atoms with Crippen molar-refractivity contribution in [3.8, 4) is 5.75 Å². The number of nitrogens with one attached hydrogen (secondary N) is 1. The number of methoxy groups -OCH3 is 1. The number of carbonyl (C=O) groups excluding carboxylic acids is 1. The van der Waals surface area contributed by atoms with Crippen molar-refractivity contribution in [1.82, 2.24) is 5.32 Å². The van der Waals surface area contributed by atoms with Crippen LogP contribution in [-0.2, 0) is 4.79 Å². The van der Waals surface area contributed by atoms with Crippen molar-refractivity contribution in [2.24, 2.45) is 5.73 Å². The molecule has 5 nitrogen and oxygen atoms in total. The standard InChI is InChI=1S/C16H27N3O2/c1-4-13(2)18-16(20)12-19(10-6-9-17)14-7-5-8-15(11-14)21-3/h5,7-8,11,13H,4,6,9-10,12,17H2,1-3H3,(H,18,20). The lowest BCUT2D eigenvalue weighted by Gasteiger charge is -2.25. The molecule has 21 heavy (non-hydrogen) atoms. The molecule has 5 heteroatoms. The first kappa shape index (κ1) is 17.3. The molecular weight excluding hydrogens is 266 g/mol. The topological polar surface area (TPSA) is 67.6 Å². The second-order valence-electron chi connectivity index (χ2n) is 5.14. The number of nitrogens with two attached hydrogens (primary N) is 1. The van der Waals surface area contributed by atoms with Gasteiger partial charge in [-0.1, -0.05) is 13.0 Å². The number of carbonyl (C=O) groups is 1. The minimum absolute atomic E-state index is 0.0317. The Morgan fingerprint density at radius 2 is 2.24 bits per heavy atom. The van der Waals surface area contributed by atoms with Crippen LogP contribution in [0.2, 0.25) is 0 Å². The summed E-state index contributed by atoms with van der Waals surface area (Å²) in [5, 5.41) is 2.99. The highest BCUT2D eigenvalue weighted by molar-refractivity contribution is 5.81. The van der Waals surface area contributed by atoms with E-state index in [-0.39, 0.29) is 11.9 Å². The molecule has 0 bridgehead atoms. The lowest BCUT2D eigenvalue weighted by molar-refractivity contribution is -0.120. The van der Waals surface area contributed by atoms with Gasteiger partial charge in [0.25, 0.3) is 0 Å². The third-order valence-electron chi connectivity index (χ3n) is 3.40. The van der Waals surface area contributed by atoms with Gasteiger partial charge in [0.15, 0.2) is 0 Å². The van der Waals surface area contributed by atoms with E-state index in [9.17, 15) is 4.79 Å². The SMILES string of the molecule is CCC(C)NC(=O)CN(CCCN)c1cccc(OC)c1. The average Bonchev–Trinajstić information content (AvgIpc) is 2.51. The third-order valence-corrected chi connectivity index (χ3v) is 3.40. The van der Waals surface area contributed by atoms with E-state index in [1.807, 2.05) is 36.1 Å². The Labute approximate surface area is 127 Å². The first-order valence-electron chi connectivity index (χ1n) is 7.49. The summed E-state index contributed by atoms with van der Waals surface area (Å²) in [4.78, 5) is 14.1. The Morgan fingerprint density at radius 1 is 1.48 bits per heavy atom. The van der Waals surface area contributed by atoms with E-state index in [0.717, 1.165) is 30.8 Å². The van der Waals surface area contributed by atoms with Gasteiger partial charge in [-0.3, -0.25) is 4.79 Å². The molecular formula is C16H27N3O2. The summed E-state index contributed by atoms with van der Waals surface area (Å²) in [7, 11) is 1.64. The van der Waals surface area contributed by atoms with Gasteiger partial charge in [0, 0.05) is 24.3 Å². The van der Waals surface area contributed by atoms with E-state index < -0.39 is 0 Å². The number of hydrogen-bond acceptors (Lipinski definition) is 4. The molecule has 0 aromatic heterocycles. The summed E-state index contributed by atoms with van der Waals surface area (Å²) in [5.41, 5.74) is 6.57. The number of benzene rings is 1. The van der Waals surface area contributed by atoms with Crippen LogP contribution < -0.4 is 20.7 Å². The predicted octanol–water partition coefficient (Wildman–Crippen LogP) is 1.77. The van der Waals surface area contributed by atoms with Crippen LogP contribution in [0.1, 0.15) is 26.7 Å². The number of ether oxygens (including phenoxy) is 1. The van der Waals surface area contributed by atoms with E-state index >= 15 is 0 Å². The lowest BCUT2D eigenvalue weighted by Crippen LogP contribution is -2.41. The molecule has 0 aliphatic heterocycles. The van der Waals surface area contributed by atoms with Crippen molar-refractivity contribution in [3.05, 3.63) is 24.3 Å². The van der Waals surface area contributed by atoms with Crippen molar-refractivity contribution in [2.75, 3.05) is 31.6 Å². The van der Waals surface area contributed by atoms with E-state index in [0.29, 0.717) is 13.1 Å². The van der Waals surface area contributed by atoms with Crippen molar-refractivity contribution >= 4 is 11.6 Å². The molecule has 0 saturated heterocycles. The van der Waals surface area contributed by atoms with Crippen molar-refractivity contribution < 1.29 is 9.53 Å². The van der Waals surface area contributed by atoms with E-state index in [1.165, 1.54) is 0 Å². The van der Waals surface area contributed by atoms with Gasteiger partial charge in [-0.15, -0.1) is 0 Å². The average molecular weight is 293 g/mol. The van der Waals surface area contributed by atoms with Crippen molar-refractivity contribution in [1.29, 1.82) is 0 Å². The van der Waals surface area contributed by atoms with Gasteiger partial charge in [0.1, 0.15) is 5.75 Å². The van der Waals surface area contributed by atoms with Crippen LogP contribution in [0.5, 0.6) is 5.75 Å². The largest absolute Gasteiger partial charge is 0.497 e. The van der Waals surface area contributed by atoms with Gasteiger partial charge in [-0.05, 0) is 38.4 Å². The number of nitrogens with zero attached hydrogens (tertiary/aromatic N) is 1. The second-order valence-corrected chi connectivity index (χ2v) is 5.14. The minimum Gasteiger partial charge on any atom is -0.497 e. The highest BCUT2D eigenvalue weighted by Crippen LogP contribution is 2.21. The molecule has 1 unspecified atom stereocenters. The summed E-state index contributed by atoms with van der Waals surface area (Å²) in [5.74, 6) is 0.816. The Bertz CT molecular complexity index is 437. The Hall–Kier alpha value is -1.75. The van der Waals surface area contributed by atoms with Crippen LogP contribution in [0.25, 0.3) is 0 Å². The van der Waals surface area contributed by atoms with Gasteiger partial charge < -0.3 is 20.7 Å². The molecule has 0 aliphatic rings. The number of anilines is 1. The van der Waals surface area contributed by atoms with E-state index in [2.05, 4.69) is 12.2 Å². The zero-order valence-electron chi connectivity index (χ0n) is 13.3. The Kier molecular flexibility index (Phi) is 7.61. The molecule has 0 saturated carbocycles. The first-order valence-corrected chi connectivity index (χ1v) is 7.49. The van der Waals surface area contributed by atoms with Gasteiger partial charge in [-0.25, -0.2) is 0 Å². The molecule has 3 N–H and O–H groups in total. The fraction of sp³-hybridized carbons (Fsp3) is 0.562. The van der Waals surface area contributed by atoms with Crippen LogP contribution >= 0.6 is 0 Å². The summed E-state index contributed by atoms with van der Waals surface area (Å²) in [6.45, 7) is 5.75. The van der Waals surface area contributed by atoms with Crippen LogP contribution in [0.4, 0.5) is 5.69 Å². The fourth-order valence-corrected chi connectivity index (χ4v) is 1.98. The second kappa shape index (κ2) is 9.23. The number of rotatable bonds is 9. The highest BCUT2D eigenvalue weighted by Gasteiger charge is 2.13. The molecule has 0 aliphatic carbocycles. The molecule has 0 radical (unpaired) electrons. The molecule has 0 fully saturated rings. The smallest absolute Gasteiger partial charge is 0.239 e. The molecule has 1 amide bonds. The maximum atomic E-state index is 12.1. The Morgan fingerprint density at radius 3 is 2.86 bits per heavy atom. The van der Waals surface area contributed by atoms with Crippen LogP contribution in [0.15, 0.2) is 24.3 Å². The van der Waals surface area contributed by atoms with Gasteiger partial charge in [0.2, 0.25) is 5.91 Å². The van der Waals surface area contributed by atoms with Crippen LogP contribution in [0.3, 0.4) is 0 Å². The third kappa shape index (κ3) is 6.04. The Balaban J connectivity index is 2.76. The zero-order chi connectivity index (χ0) is 15.7. The maximum Gasteiger partial charge on any atom is 0.239 e. The van der Waals surface area contributed by atoms with Gasteiger partial charge in [-0.2, -0.15) is 0 Å². The van der Waals surface area contributed by atoms with Gasteiger partial charge in [0.05, 0.1) is 13.7 Å². The number of amides is 1. The van der Waals surface area contributed by atoms with E-state index in [1.54, 1.807) is 7.11 Å². The molecule has 1 rings (SSSR count). The molecule has 1 aromatic carbocycles. The summed E-state index contributed by atoms with van der Waals surface area (Å²) < 4.78 is 5.24. The summed E-state index contributed by atoms with van der Waals surface area (Å²) in [6.07, 6.45) is 1.77. The highest BCUT2D eigenvalue weighted by atomic mass is 16.5. The molecule has 0 heterocycles. The first-order chi connectivity index (χ1) is 10.1.